The Balaban J connectivity index is 1.78. The second kappa shape index (κ2) is 6.37. The van der Waals surface area contributed by atoms with E-state index < -0.39 is 0 Å². The molecule has 0 saturated heterocycles. The molecule has 0 aromatic heterocycles. The van der Waals surface area contributed by atoms with Crippen LogP contribution in [0.4, 0.5) is 0 Å². The van der Waals surface area contributed by atoms with Crippen molar-refractivity contribution in [3.05, 3.63) is 95.6 Å². The van der Waals surface area contributed by atoms with Crippen LogP contribution in [0.3, 0.4) is 0 Å². The molecule has 0 radical (unpaired) electrons. The predicted molar refractivity (Wildman–Crippen MR) is 109 cm³/mol. The van der Waals surface area contributed by atoms with Gasteiger partial charge in [-0.25, -0.2) is 0 Å². The van der Waals surface area contributed by atoms with Gasteiger partial charge in [0.2, 0.25) is 0 Å². The molecule has 0 spiro atoms. The second-order valence-corrected chi connectivity index (χ2v) is 6.94. The molecule has 0 aliphatic heterocycles. The Morgan fingerprint density at radius 3 is 2.32 bits per heavy atom. The average Bonchev–Trinajstić information content (AvgIpc) is 2.63. The van der Waals surface area contributed by atoms with E-state index in [2.05, 4.69) is 81.1 Å². The highest BCUT2D eigenvalue weighted by Crippen LogP contribution is 2.38. The molecule has 3 aromatic carbocycles. The van der Waals surface area contributed by atoms with E-state index in [9.17, 15) is 0 Å². The van der Waals surface area contributed by atoms with Crippen LogP contribution < -0.4 is 0 Å². The van der Waals surface area contributed by atoms with Crippen molar-refractivity contribution in [2.45, 2.75) is 32.6 Å². The largest absolute Gasteiger partial charge is 0.0988 e. The highest BCUT2D eigenvalue weighted by Gasteiger charge is 2.19. The molecule has 25 heavy (non-hydrogen) atoms. The maximum Gasteiger partial charge on any atom is 0.00575 e. The highest BCUT2D eigenvalue weighted by atomic mass is 14.2. The summed E-state index contributed by atoms with van der Waals surface area (Å²) in [5, 5.41) is 2.81. The van der Waals surface area contributed by atoms with Crippen LogP contribution >= 0.6 is 0 Å². The molecule has 0 heteroatoms. The number of rotatable bonds is 4. The molecular formula is C25H24. The quantitative estimate of drug-likeness (QED) is 0.461. The maximum absolute atomic E-state index is 3.93. The monoisotopic (exact) mass is 324 g/mol. The van der Waals surface area contributed by atoms with E-state index in [1.165, 1.54) is 51.4 Å². The smallest absolute Gasteiger partial charge is 0.00575 e. The van der Waals surface area contributed by atoms with Crippen LogP contribution in [0.2, 0.25) is 0 Å². The Labute approximate surface area is 150 Å². The fraction of sp³-hybridized carbons (Fsp3) is 0.200. The van der Waals surface area contributed by atoms with E-state index in [0.717, 1.165) is 0 Å². The van der Waals surface area contributed by atoms with E-state index in [1.54, 1.807) is 5.56 Å². The molecule has 0 fully saturated rings. The lowest BCUT2D eigenvalue weighted by molar-refractivity contribution is 0.852. The first-order valence-corrected chi connectivity index (χ1v) is 9.15. The summed E-state index contributed by atoms with van der Waals surface area (Å²) in [6.07, 6.45) is 6.55. The van der Waals surface area contributed by atoms with E-state index in [1.807, 2.05) is 6.08 Å². The summed E-state index contributed by atoms with van der Waals surface area (Å²) >= 11 is 0. The summed E-state index contributed by atoms with van der Waals surface area (Å²) in [6.45, 7) is 8.26. The van der Waals surface area contributed by atoms with Gasteiger partial charge in [0.1, 0.15) is 0 Å². The fourth-order valence-corrected chi connectivity index (χ4v) is 4.02. The predicted octanol–water partition coefficient (Wildman–Crippen LogP) is 6.84. The molecule has 3 aromatic rings. The van der Waals surface area contributed by atoms with Crippen molar-refractivity contribution in [1.82, 2.24) is 0 Å². The number of hydrogen-bond donors (Lipinski definition) is 0. The van der Waals surface area contributed by atoms with Gasteiger partial charge in [0.25, 0.3) is 0 Å². The molecule has 124 valence electrons. The lowest BCUT2D eigenvalue weighted by Gasteiger charge is -2.23. The zero-order chi connectivity index (χ0) is 17.4. The van der Waals surface area contributed by atoms with Gasteiger partial charge in [-0.05, 0) is 63.9 Å². The maximum atomic E-state index is 3.93. The van der Waals surface area contributed by atoms with Gasteiger partial charge in [0.15, 0.2) is 0 Å². The third kappa shape index (κ3) is 2.62. The summed E-state index contributed by atoms with van der Waals surface area (Å²) in [5.74, 6) is 0.380. The summed E-state index contributed by atoms with van der Waals surface area (Å²) in [5.41, 5.74) is 8.36. The van der Waals surface area contributed by atoms with Gasteiger partial charge in [0.05, 0.1) is 0 Å². The van der Waals surface area contributed by atoms with Crippen LogP contribution in [-0.2, 0) is 12.8 Å². The minimum absolute atomic E-state index is 0.380. The summed E-state index contributed by atoms with van der Waals surface area (Å²) in [7, 11) is 0. The molecule has 1 atom stereocenters. The van der Waals surface area contributed by atoms with Crippen molar-refractivity contribution in [2.75, 3.05) is 0 Å². The van der Waals surface area contributed by atoms with Gasteiger partial charge in [-0.1, -0.05) is 80.3 Å². The molecule has 0 N–H and O–H groups in total. The van der Waals surface area contributed by atoms with E-state index in [4.69, 9.17) is 0 Å². The molecule has 0 heterocycles. The number of benzene rings is 3. The second-order valence-electron chi connectivity index (χ2n) is 6.94. The number of allylic oxidation sites excluding steroid dienone is 3. The third-order valence-electron chi connectivity index (χ3n) is 5.68. The first kappa shape index (κ1) is 15.9. The van der Waals surface area contributed by atoms with Crippen molar-refractivity contribution < 1.29 is 0 Å². The number of aryl methyl sites for hydroxylation is 2. The van der Waals surface area contributed by atoms with Crippen LogP contribution in [-0.4, -0.2) is 0 Å². The van der Waals surface area contributed by atoms with Crippen LogP contribution in [0.25, 0.3) is 21.9 Å². The van der Waals surface area contributed by atoms with Crippen molar-refractivity contribution in [2.24, 2.45) is 0 Å². The third-order valence-corrected chi connectivity index (χ3v) is 5.68. The molecule has 0 bridgehead atoms. The molecular weight excluding hydrogens is 300 g/mol. The van der Waals surface area contributed by atoms with E-state index in [-0.39, 0.29) is 0 Å². The summed E-state index contributed by atoms with van der Waals surface area (Å²) in [4.78, 5) is 0. The Bertz CT molecular complexity index is 971. The molecule has 1 aliphatic rings. The minimum atomic E-state index is 0.380. The van der Waals surface area contributed by atoms with Gasteiger partial charge in [-0.2, -0.15) is 0 Å². The lowest BCUT2D eigenvalue weighted by Crippen LogP contribution is -2.09. The normalized spacial score (nSPS) is 14.7. The Kier molecular flexibility index (Phi) is 4.05. The standard InChI is InChI=1S/C25H24/c1-4-18(5-2)17(3)19-10-12-20(13-11-19)25-16-21-14-15-22(21)23-8-6-7-9-24(23)25/h4-13,16-17H,1,14-15H2,2-3H3/b18-5+. The number of fused-ring (bicyclic) bond motifs is 3. The topological polar surface area (TPSA) is 0 Å². The molecule has 0 saturated carbocycles. The highest BCUT2D eigenvalue weighted by molar-refractivity contribution is 6.00. The van der Waals surface area contributed by atoms with E-state index in [0.29, 0.717) is 5.92 Å². The van der Waals surface area contributed by atoms with Crippen LogP contribution in [0.15, 0.2) is 78.9 Å². The molecule has 1 aliphatic carbocycles. The Hall–Kier alpha value is -2.60. The Morgan fingerprint density at radius 2 is 1.72 bits per heavy atom. The first-order valence-electron chi connectivity index (χ1n) is 9.15. The van der Waals surface area contributed by atoms with Gasteiger partial charge in [0, 0.05) is 5.92 Å². The molecule has 0 amide bonds. The van der Waals surface area contributed by atoms with Crippen molar-refractivity contribution in [1.29, 1.82) is 0 Å². The number of hydrogen-bond acceptors (Lipinski definition) is 0. The van der Waals surface area contributed by atoms with E-state index >= 15 is 0 Å². The fourth-order valence-electron chi connectivity index (χ4n) is 4.02. The van der Waals surface area contributed by atoms with Gasteiger partial charge < -0.3 is 0 Å². The lowest BCUT2D eigenvalue weighted by atomic mass is 9.81. The van der Waals surface area contributed by atoms with Crippen molar-refractivity contribution >= 4 is 10.8 Å². The van der Waals surface area contributed by atoms with Gasteiger partial charge >= 0.3 is 0 Å². The van der Waals surface area contributed by atoms with Crippen LogP contribution in [0, 0.1) is 0 Å². The first-order chi connectivity index (χ1) is 12.2. The van der Waals surface area contributed by atoms with Crippen molar-refractivity contribution in [3.63, 3.8) is 0 Å². The minimum Gasteiger partial charge on any atom is -0.0988 e. The summed E-state index contributed by atoms with van der Waals surface area (Å²) in [6, 6.07) is 20.3. The Morgan fingerprint density at radius 1 is 1.00 bits per heavy atom. The zero-order valence-electron chi connectivity index (χ0n) is 15.0. The van der Waals surface area contributed by atoms with Crippen LogP contribution in [0.1, 0.15) is 36.5 Å². The zero-order valence-corrected chi connectivity index (χ0v) is 15.0. The van der Waals surface area contributed by atoms with Crippen molar-refractivity contribution in [3.8, 4) is 11.1 Å². The average molecular weight is 324 g/mol. The van der Waals surface area contributed by atoms with Gasteiger partial charge in [-0.15, -0.1) is 0 Å². The molecule has 0 nitrogen and oxygen atoms in total. The SMILES string of the molecule is C=C/C(=C\C)C(C)c1ccc(-c2cc3c(c4ccccc24)CC3)cc1. The van der Waals surface area contributed by atoms with Crippen LogP contribution in [0.5, 0.6) is 0 Å². The van der Waals surface area contributed by atoms with Gasteiger partial charge in [-0.3, -0.25) is 0 Å². The molecule has 1 unspecified atom stereocenters. The molecule has 4 rings (SSSR count). The summed E-state index contributed by atoms with van der Waals surface area (Å²) < 4.78 is 0.